The molecule has 0 bridgehead atoms. The van der Waals surface area contributed by atoms with Crippen LogP contribution < -0.4 is 10.6 Å². The fraction of sp³-hybridized carbons (Fsp3) is 0.391. The minimum atomic E-state index is 0.991. The molecule has 2 rings (SSSR count). The van der Waals surface area contributed by atoms with E-state index in [0.717, 1.165) is 25.2 Å². The molecule has 0 fully saturated rings. The van der Waals surface area contributed by atoms with Crippen molar-refractivity contribution in [3.05, 3.63) is 65.7 Å². The molecule has 2 heteroatoms. The third-order valence-corrected chi connectivity index (χ3v) is 4.66. The lowest BCUT2D eigenvalue weighted by molar-refractivity contribution is 0.723. The van der Waals surface area contributed by atoms with Crippen LogP contribution in [0.5, 0.6) is 0 Å². The first-order valence-corrected chi connectivity index (χ1v) is 9.43. The van der Waals surface area contributed by atoms with Crippen LogP contribution in [0, 0.1) is 6.92 Å². The molecule has 0 aliphatic heterocycles. The summed E-state index contributed by atoms with van der Waals surface area (Å²) in [5, 5.41) is 6.63. The van der Waals surface area contributed by atoms with Gasteiger partial charge < -0.3 is 10.6 Å². The van der Waals surface area contributed by atoms with E-state index >= 15 is 0 Å². The Labute approximate surface area is 153 Å². The van der Waals surface area contributed by atoms with Crippen LogP contribution in [-0.2, 0) is 6.42 Å². The Morgan fingerprint density at radius 3 is 2.36 bits per heavy atom. The average Bonchev–Trinajstić information content (AvgIpc) is 2.64. The standard InChI is InChI=1S/C23H32N2/c1-5-6-16-25-19(3)20-11-13-21(14-12-20)23-10-9-18(2)22(17-23)8-7-15-24-4/h9-14,17,24-25H,3,5-8,15-16H2,1-2,4H3. The van der Waals surface area contributed by atoms with Crippen molar-refractivity contribution in [2.75, 3.05) is 20.1 Å². The van der Waals surface area contributed by atoms with E-state index in [1.807, 2.05) is 7.05 Å². The van der Waals surface area contributed by atoms with Crippen LogP contribution in [0.4, 0.5) is 0 Å². The Kier molecular flexibility index (Phi) is 7.75. The van der Waals surface area contributed by atoms with E-state index in [0.29, 0.717) is 0 Å². The SMILES string of the molecule is C=C(NCCCC)c1ccc(-c2ccc(C)c(CCCNC)c2)cc1. The minimum absolute atomic E-state index is 0.991. The number of hydrogen-bond acceptors (Lipinski definition) is 2. The molecule has 0 spiro atoms. The Hall–Kier alpha value is -2.06. The summed E-state index contributed by atoms with van der Waals surface area (Å²) in [7, 11) is 2.01. The largest absolute Gasteiger partial charge is 0.385 e. The molecule has 0 aliphatic rings. The van der Waals surface area contributed by atoms with Crippen LogP contribution in [0.2, 0.25) is 0 Å². The summed E-state index contributed by atoms with van der Waals surface area (Å²) in [6, 6.07) is 15.5. The van der Waals surface area contributed by atoms with Gasteiger partial charge in [-0.25, -0.2) is 0 Å². The maximum atomic E-state index is 4.15. The topological polar surface area (TPSA) is 24.1 Å². The second-order valence-corrected chi connectivity index (χ2v) is 6.68. The monoisotopic (exact) mass is 336 g/mol. The van der Waals surface area contributed by atoms with Gasteiger partial charge in [-0.3, -0.25) is 0 Å². The lowest BCUT2D eigenvalue weighted by atomic mass is 9.96. The van der Waals surface area contributed by atoms with Gasteiger partial charge in [-0.15, -0.1) is 0 Å². The zero-order valence-electron chi connectivity index (χ0n) is 16.0. The Morgan fingerprint density at radius 2 is 1.68 bits per heavy atom. The molecule has 0 amide bonds. The average molecular weight is 337 g/mol. The maximum absolute atomic E-state index is 4.15. The van der Waals surface area contributed by atoms with E-state index in [4.69, 9.17) is 0 Å². The van der Waals surface area contributed by atoms with E-state index in [9.17, 15) is 0 Å². The first kappa shape index (κ1) is 19.3. The third-order valence-electron chi connectivity index (χ3n) is 4.66. The molecule has 0 saturated heterocycles. The van der Waals surface area contributed by atoms with E-state index in [1.165, 1.54) is 47.1 Å². The first-order valence-electron chi connectivity index (χ1n) is 9.43. The predicted octanol–water partition coefficient (Wildman–Crippen LogP) is 5.17. The number of benzene rings is 2. The van der Waals surface area contributed by atoms with Gasteiger partial charge in [-0.05, 0) is 67.6 Å². The van der Waals surface area contributed by atoms with E-state index in [2.05, 4.69) is 73.5 Å². The molecule has 0 unspecified atom stereocenters. The number of hydrogen-bond donors (Lipinski definition) is 2. The molecule has 0 saturated carbocycles. The van der Waals surface area contributed by atoms with Crippen LogP contribution in [0.25, 0.3) is 16.8 Å². The van der Waals surface area contributed by atoms with Gasteiger partial charge in [0.25, 0.3) is 0 Å². The van der Waals surface area contributed by atoms with Crippen molar-refractivity contribution < 1.29 is 0 Å². The Balaban J connectivity index is 2.08. The van der Waals surface area contributed by atoms with Gasteiger partial charge >= 0.3 is 0 Å². The van der Waals surface area contributed by atoms with Gasteiger partial charge in [0.05, 0.1) is 0 Å². The van der Waals surface area contributed by atoms with Crippen molar-refractivity contribution in [1.29, 1.82) is 0 Å². The highest BCUT2D eigenvalue weighted by atomic mass is 14.9. The van der Waals surface area contributed by atoms with Crippen molar-refractivity contribution in [3.8, 4) is 11.1 Å². The van der Waals surface area contributed by atoms with Crippen LogP contribution >= 0.6 is 0 Å². The van der Waals surface area contributed by atoms with E-state index in [1.54, 1.807) is 0 Å². The summed E-state index contributed by atoms with van der Waals surface area (Å²) < 4.78 is 0. The molecule has 0 heterocycles. The summed E-state index contributed by atoms with van der Waals surface area (Å²) in [6.07, 6.45) is 4.67. The molecular weight excluding hydrogens is 304 g/mol. The molecule has 0 radical (unpaired) electrons. The second kappa shape index (κ2) is 10.0. The highest BCUT2D eigenvalue weighted by Crippen LogP contribution is 2.24. The summed E-state index contributed by atoms with van der Waals surface area (Å²) in [6.45, 7) is 10.6. The lowest BCUT2D eigenvalue weighted by Crippen LogP contribution is -2.12. The summed E-state index contributed by atoms with van der Waals surface area (Å²) in [5.41, 5.74) is 7.56. The number of nitrogens with one attached hydrogen (secondary N) is 2. The van der Waals surface area contributed by atoms with Gasteiger partial charge in [-0.1, -0.05) is 62.4 Å². The van der Waals surface area contributed by atoms with Gasteiger partial charge in [0.2, 0.25) is 0 Å². The predicted molar refractivity (Wildman–Crippen MR) is 111 cm³/mol. The highest BCUT2D eigenvalue weighted by Gasteiger charge is 2.04. The van der Waals surface area contributed by atoms with Crippen LogP contribution in [-0.4, -0.2) is 20.1 Å². The van der Waals surface area contributed by atoms with Crippen molar-refractivity contribution >= 4 is 5.70 Å². The Morgan fingerprint density at radius 1 is 0.960 bits per heavy atom. The van der Waals surface area contributed by atoms with Crippen molar-refractivity contribution in [3.63, 3.8) is 0 Å². The normalized spacial score (nSPS) is 10.7. The molecule has 0 aromatic heterocycles. The molecule has 134 valence electrons. The van der Waals surface area contributed by atoms with E-state index in [-0.39, 0.29) is 0 Å². The summed E-state index contributed by atoms with van der Waals surface area (Å²) >= 11 is 0. The summed E-state index contributed by atoms with van der Waals surface area (Å²) in [5.74, 6) is 0. The van der Waals surface area contributed by atoms with E-state index < -0.39 is 0 Å². The molecule has 25 heavy (non-hydrogen) atoms. The van der Waals surface area contributed by atoms with Gasteiger partial charge in [-0.2, -0.15) is 0 Å². The third kappa shape index (κ3) is 5.75. The summed E-state index contributed by atoms with van der Waals surface area (Å²) in [4.78, 5) is 0. The minimum Gasteiger partial charge on any atom is -0.385 e. The molecule has 2 aromatic carbocycles. The zero-order chi connectivity index (χ0) is 18.1. The first-order chi connectivity index (χ1) is 12.2. The molecule has 2 N–H and O–H groups in total. The fourth-order valence-corrected chi connectivity index (χ4v) is 2.96. The molecule has 0 atom stereocenters. The van der Waals surface area contributed by atoms with Gasteiger partial charge in [0, 0.05) is 12.2 Å². The molecule has 2 aromatic rings. The smallest absolute Gasteiger partial charge is 0.0340 e. The highest BCUT2D eigenvalue weighted by molar-refractivity contribution is 5.69. The molecular formula is C23H32N2. The zero-order valence-corrected chi connectivity index (χ0v) is 16.0. The lowest BCUT2D eigenvalue weighted by Gasteiger charge is -2.12. The van der Waals surface area contributed by atoms with Crippen molar-refractivity contribution in [1.82, 2.24) is 10.6 Å². The van der Waals surface area contributed by atoms with Crippen LogP contribution in [0.1, 0.15) is 42.9 Å². The second-order valence-electron chi connectivity index (χ2n) is 6.68. The number of unbranched alkanes of at least 4 members (excludes halogenated alkanes) is 1. The number of rotatable bonds is 10. The fourth-order valence-electron chi connectivity index (χ4n) is 2.96. The van der Waals surface area contributed by atoms with Crippen LogP contribution in [0.15, 0.2) is 49.0 Å². The molecule has 0 aliphatic carbocycles. The van der Waals surface area contributed by atoms with Crippen molar-refractivity contribution in [2.24, 2.45) is 0 Å². The molecule has 2 nitrogen and oxygen atoms in total. The Bertz CT molecular complexity index is 671. The van der Waals surface area contributed by atoms with Gasteiger partial charge in [0.1, 0.15) is 0 Å². The maximum Gasteiger partial charge on any atom is 0.0340 e. The van der Waals surface area contributed by atoms with Crippen molar-refractivity contribution in [2.45, 2.75) is 39.5 Å². The van der Waals surface area contributed by atoms with Crippen LogP contribution in [0.3, 0.4) is 0 Å². The van der Waals surface area contributed by atoms with Gasteiger partial charge in [0.15, 0.2) is 0 Å². The quantitative estimate of drug-likeness (QED) is 0.585. The number of aryl methyl sites for hydroxylation is 2.